The zero-order chi connectivity index (χ0) is 22.1. The molecular weight excluding hydrogens is 399 g/mol. The van der Waals surface area contributed by atoms with Crippen LogP contribution in [0.25, 0.3) is 11.1 Å². The van der Waals surface area contributed by atoms with Crippen LogP contribution >= 0.6 is 0 Å². The van der Waals surface area contributed by atoms with Gasteiger partial charge in [-0.2, -0.15) is 0 Å². The molecule has 1 amide bonds. The summed E-state index contributed by atoms with van der Waals surface area (Å²) in [4.78, 5) is 12.3. The van der Waals surface area contributed by atoms with Crippen LogP contribution in [-0.2, 0) is 9.53 Å². The first kappa shape index (κ1) is 21.1. The number of carbonyl (C=O) groups excluding carboxylic acids is 1. The number of ether oxygens (including phenoxy) is 2. The number of hydrogen-bond acceptors (Lipinski definition) is 5. The summed E-state index contributed by atoms with van der Waals surface area (Å²) in [5.74, 6) is 1.05. The molecule has 1 aliphatic heterocycles. The van der Waals surface area contributed by atoms with Crippen molar-refractivity contribution >= 4 is 11.6 Å². The molecule has 0 aliphatic carbocycles. The van der Waals surface area contributed by atoms with Crippen molar-refractivity contribution in [3.8, 4) is 22.6 Å². The standard InChI is InChI=1S/C24H25FN2O4/c1-13-8-19(26-24(28)21-6-5-7-29-21)9-14(2)23(13)30-20-11-17(10-18(25)12-20)22-15(3)27-31-16(22)4/h8-12,21H,5-7H2,1-4H3,(H,26,28). The summed E-state index contributed by atoms with van der Waals surface area (Å²) >= 11 is 0. The van der Waals surface area contributed by atoms with Gasteiger partial charge in [0.1, 0.15) is 29.2 Å². The number of aromatic nitrogens is 1. The van der Waals surface area contributed by atoms with Crippen LogP contribution in [0.5, 0.6) is 11.5 Å². The summed E-state index contributed by atoms with van der Waals surface area (Å²) in [7, 11) is 0. The van der Waals surface area contributed by atoms with Gasteiger partial charge in [0, 0.05) is 23.9 Å². The van der Waals surface area contributed by atoms with Gasteiger partial charge >= 0.3 is 0 Å². The van der Waals surface area contributed by atoms with Crippen molar-refractivity contribution < 1.29 is 23.2 Å². The number of carbonyl (C=O) groups is 1. The van der Waals surface area contributed by atoms with Crippen molar-refractivity contribution in [2.45, 2.75) is 46.6 Å². The predicted octanol–water partition coefficient (Wildman–Crippen LogP) is 5.62. The van der Waals surface area contributed by atoms with E-state index in [-0.39, 0.29) is 5.91 Å². The fourth-order valence-electron chi connectivity index (χ4n) is 3.97. The number of anilines is 1. The summed E-state index contributed by atoms with van der Waals surface area (Å²) in [5, 5.41) is 6.85. The summed E-state index contributed by atoms with van der Waals surface area (Å²) in [6.07, 6.45) is 1.23. The van der Waals surface area contributed by atoms with E-state index in [0.29, 0.717) is 40.8 Å². The topological polar surface area (TPSA) is 73.6 Å². The van der Waals surface area contributed by atoms with E-state index in [4.69, 9.17) is 14.0 Å². The first-order chi connectivity index (χ1) is 14.8. The smallest absolute Gasteiger partial charge is 0.253 e. The quantitative estimate of drug-likeness (QED) is 0.575. The van der Waals surface area contributed by atoms with E-state index in [1.54, 1.807) is 13.0 Å². The lowest BCUT2D eigenvalue weighted by molar-refractivity contribution is -0.124. The van der Waals surface area contributed by atoms with Crippen molar-refractivity contribution in [1.29, 1.82) is 0 Å². The van der Waals surface area contributed by atoms with Crippen molar-refractivity contribution in [1.82, 2.24) is 5.16 Å². The van der Waals surface area contributed by atoms with E-state index in [0.717, 1.165) is 29.5 Å². The third kappa shape index (κ3) is 4.46. The highest BCUT2D eigenvalue weighted by Crippen LogP contribution is 2.35. The van der Waals surface area contributed by atoms with Crippen molar-refractivity contribution in [2.75, 3.05) is 11.9 Å². The molecule has 1 atom stereocenters. The van der Waals surface area contributed by atoms with Crippen LogP contribution in [0.4, 0.5) is 10.1 Å². The van der Waals surface area contributed by atoms with Crippen molar-refractivity contribution in [3.05, 3.63) is 58.7 Å². The molecule has 7 heteroatoms. The second-order valence-electron chi connectivity index (χ2n) is 7.91. The Kier molecular flexibility index (Phi) is 5.78. The number of nitrogens with one attached hydrogen (secondary N) is 1. The van der Waals surface area contributed by atoms with Crippen molar-refractivity contribution in [3.63, 3.8) is 0 Å². The molecule has 162 valence electrons. The van der Waals surface area contributed by atoms with Gasteiger partial charge in [-0.05, 0) is 81.5 Å². The van der Waals surface area contributed by atoms with Gasteiger partial charge in [0.2, 0.25) is 0 Å². The predicted molar refractivity (Wildman–Crippen MR) is 115 cm³/mol. The molecule has 1 aliphatic rings. The molecule has 0 spiro atoms. The summed E-state index contributed by atoms with van der Waals surface area (Å²) in [6, 6.07) is 8.21. The molecule has 0 saturated carbocycles. The van der Waals surface area contributed by atoms with Gasteiger partial charge in [-0.25, -0.2) is 4.39 Å². The lowest BCUT2D eigenvalue weighted by atomic mass is 10.0. The maximum absolute atomic E-state index is 14.4. The molecule has 0 bridgehead atoms. The number of amides is 1. The molecule has 2 aromatic carbocycles. The molecule has 4 rings (SSSR count). The van der Waals surface area contributed by atoms with Crippen LogP contribution in [0.3, 0.4) is 0 Å². The van der Waals surface area contributed by atoms with E-state index in [1.165, 1.54) is 12.1 Å². The lowest BCUT2D eigenvalue weighted by Gasteiger charge is -2.16. The van der Waals surface area contributed by atoms with E-state index in [9.17, 15) is 9.18 Å². The zero-order valence-corrected chi connectivity index (χ0v) is 18.0. The SMILES string of the molecule is Cc1cc(NC(=O)C2CCCO2)cc(C)c1Oc1cc(F)cc(-c2c(C)noc2C)c1. The van der Waals surface area contributed by atoms with Crippen molar-refractivity contribution in [2.24, 2.45) is 0 Å². The Hall–Kier alpha value is -3.19. The number of nitrogens with zero attached hydrogens (tertiary/aromatic N) is 1. The molecule has 1 fully saturated rings. The highest BCUT2D eigenvalue weighted by Gasteiger charge is 2.24. The molecule has 31 heavy (non-hydrogen) atoms. The monoisotopic (exact) mass is 424 g/mol. The zero-order valence-electron chi connectivity index (χ0n) is 18.0. The fraction of sp³-hybridized carbons (Fsp3) is 0.333. The number of aryl methyl sites for hydroxylation is 4. The summed E-state index contributed by atoms with van der Waals surface area (Å²) in [6.45, 7) is 8.00. The minimum atomic E-state index is -0.414. The molecule has 6 nitrogen and oxygen atoms in total. The van der Waals surface area contributed by atoms with Crippen LogP contribution in [-0.4, -0.2) is 23.8 Å². The van der Waals surface area contributed by atoms with Crippen LogP contribution in [0.1, 0.15) is 35.4 Å². The molecule has 3 aromatic rings. The Balaban J connectivity index is 1.59. The van der Waals surface area contributed by atoms with Gasteiger partial charge in [0.05, 0.1) is 5.69 Å². The van der Waals surface area contributed by atoms with E-state index < -0.39 is 11.9 Å². The van der Waals surface area contributed by atoms with Gasteiger partial charge in [-0.1, -0.05) is 5.16 Å². The second kappa shape index (κ2) is 8.51. The van der Waals surface area contributed by atoms with Crippen LogP contribution < -0.4 is 10.1 Å². The van der Waals surface area contributed by atoms with Gasteiger partial charge in [0.25, 0.3) is 5.91 Å². The summed E-state index contributed by atoms with van der Waals surface area (Å²) in [5.41, 5.74) is 4.41. The third-order valence-electron chi connectivity index (χ3n) is 5.36. The highest BCUT2D eigenvalue weighted by molar-refractivity contribution is 5.94. The third-order valence-corrected chi connectivity index (χ3v) is 5.36. The first-order valence-electron chi connectivity index (χ1n) is 10.3. The Labute approximate surface area is 180 Å². The molecular formula is C24H25FN2O4. The normalized spacial score (nSPS) is 15.8. The number of rotatable bonds is 5. The Bertz CT molecular complexity index is 1090. The minimum Gasteiger partial charge on any atom is -0.457 e. The van der Waals surface area contributed by atoms with Gasteiger partial charge in [0.15, 0.2) is 0 Å². The average Bonchev–Trinajstić information content (AvgIpc) is 3.34. The van der Waals surface area contributed by atoms with E-state index >= 15 is 0 Å². The van der Waals surface area contributed by atoms with Gasteiger partial charge in [-0.3, -0.25) is 4.79 Å². The van der Waals surface area contributed by atoms with Crippen LogP contribution in [0.15, 0.2) is 34.9 Å². The van der Waals surface area contributed by atoms with Gasteiger partial charge in [-0.15, -0.1) is 0 Å². The molecule has 1 unspecified atom stereocenters. The Morgan fingerprint density at radius 2 is 1.87 bits per heavy atom. The molecule has 0 radical (unpaired) electrons. The minimum absolute atomic E-state index is 0.140. The molecule has 1 aromatic heterocycles. The summed E-state index contributed by atoms with van der Waals surface area (Å²) < 4.78 is 31.1. The van der Waals surface area contributed by atoms with Crippen LogP contribution in [0, 0.1) is 33.5 Å². The number of halogens is 1. The lowest BCUT2D eigenvalue weighted by Crippen LogP contribution is -2.26. The molecule has 1 N–H and O–H groups in total. The Morgan fingerprint density at radius 1 is 1.13 bits per heavy atom. The maximum atomic E-state index is 14.4. The van der Waals surface area contributed by atoms with Crippen LogP contribution in [0.2, 0.25) is 0 Å². The largest absolute Gasteiger partial charge is 0.457 e. The van der Waals surface area contributed by atoms with E-state index in [1.807, 2.05) is 32.9 Å². The first-order valence-corrected chi connectivity index (χ1v) is 10.3. The Morgan fingerprint density at radius 3 is 2.48 bits per heavy atom. The molecule has 2 heterocycles. The van der Waals surface area contributed by atoms with E-state index in [2.05, 4.69) is 10.5 Å². The van der Waals surface area contributed by atoms with Gasteiger partial charge < -0.3 is 19.3 Å². The second-order valence-corrected chi connectivity index (χ2v) is 7.91. The molecule has 1 saturated heterocycles. The maximum Gasteiger partial charge on any atom is 0.253 e. The number of benzene rings is 2. The highest BCUT2D eigenvalue weighted by atomic mass is 19.1. The fourth-order valence-corrected chi connectivity index (χ4v) is 3.97. The average molecular weight is 424 g/mol. The number of hydrogen-bond donors (Lipinski definition) is 1.